The molecule has 0 heterocycles. The number of carbonyl (C=O) groups excluding carboxylic acids is 3. The second kappa shape index (κ2) is 14.8. The molecule has 4 atom stereocenters. The summed E-state index contributed by atoms with van der Waals surface area (Å²) >= 11 is 0. The molecule has 0 fully saturated rings. The third-order valence-corrected chi connectivity index (χ3v) is 5.63. The standard InChI is InChI=1S/C25H38N4O8/c1-13(2)11-19(25(36)37)29-22(33)17(9-10-20(31)32)27-23(34)18(28-24(35)21(26)14(3)4)12-15-5-7-16(30)8-6-15/h5-8,13-14,17-19,21,30H,9-12,26H2,1-4H3,(H,27,34)(H,28,35)(H,29,33)(H,31,32)(H,36,37). The van der Waals surface area contributed by atoms with E-state index in [0.29, 0.717) is 5.56 Å². The Kier molecular flexibility index (Phi) is 12.5. The smallest absolute Gasteiger partial charge is 0.326 e. The molecule has 1 aromatic carbocycles. The summed E-state index contributed by atoms with van der Waals surface area (Å²) in [6, 6.07) is 1.25. The topological polar surface area (TPSA) is 208 Å². The van der Waals surface area contributed by atoms with Crippen molar-refractivity contribution in [3.63, 3.8) is 0 Å². The molecule has 0 radical (unpaired) electrons. The molecule has 4 unspecified atom stereocenters. The molecule has 12 heteroatoms. The fourth-order valence-electron chi connectivity index (χ4n) is 3.42. The molecule has 0 aliphatic heterocycles. The molecule has 1 aromatic rings. The number of hydrogen-bond acceptors (Lipinski definition) is 7. The number of aromatic hydroxyl groups is 1. The number of nitrogens with one attached hydrogen (secondary N) is 3. The fraction of sp³-hybridized carbons (Fsp3) is 0.560. The minimum Gasteiger partial charge on any atom is -0.508 e. The Balaban J connectivity index is 3.17. The molecule has 0 aliphatic rings. The van der Waals surface area contributed by atoms with Gasteiger partial charge in [0.2, 0.25) is 17.7 Å². The molecule has 0 spiro atoms. The molecule has 0 aromatic heterocycles. The molecular weight excluding hydrogens is 484 g/mol. The van der Waals surface area contributed by atoms with E-state index in [4.69, 9.17) is 10.8 Å². The maximum absolute atomic E-state index is 13.2. The molecule has 0 aliphatic carbocycles. The van der Waals surface area contributed by atoms with Gasteiger partial charge in [0.05, 0.1) is 6.04 Å². The Labute approximate surface area is 216 Å². The minimum atomic E-state index is -1.37. The van der Waals surface area contributed by atoms with Crippen LogP contribution in [-0.4, -0.2) is 69.1 Å². The van der Waals surface area contributed by atoms with Crippen LogP contribution in [0.15, 0.2) is 24.3 Å². The van der Waals surface area contributed by atoms with Crippen LogP contribution in [0, 0.1) is 11.8 Å². The molecule has 0 saturated heterocycles. The van der Waals surface area contributed by atoms with Gasteiger partial charge in [-0.05, 0) is 42.4 Å². The zero-order valence-electron chi connectivity index (χ0n) is 21.6. The Morgan fingerprint density at radius 3 is 1.81 bits per heavy atom. The van der Waals surface area contributed by atoms with Crippen molar-refractivity contribution in [3.8, 4) is 5.75 Å². The first-order valence-corrected chi connectivity index (χ1v) is 12.1. The van der Waals surface area contributed by atoms with Crippen LogP contribution in [0.5, 0.6) is 5.75 Å². The Morgan fingerprint density at radius 2 is 1.32 bits per heavy atom. The number of phenols is 1. The monoisotopic (exact) mass is 522 g/mol. The lowest BCUT2D eigenvalue weighted by atomic mass is 10.0. The zero-order chi connectivity index (χ0) is 28.3. The highest BCUT2D eigenvalue weighted by Crippen LogP contribution is 2.13. The molecular formula is C25H38N4O8. The van der Waals surface area contributed by atoms with Crippen molar-refractivity contribution in [1.82, 2.24) is 16.0 Å². The Bertz CT molecular complexity index is 949. The lowest BCUT2D eigenvalue weighted by Crippen LogP contribution is -2.58. The van der Waals surface area contributed by atoms with Gasteiger partial charge in [-0.3, -0.25) is 19.2 Å². The Morgan fingerprint density at radius 1 is 0.811 bits per heavy atom. The van der Waals surface area contributed by atoms with Gasteiger partial charge in [-0.25, -0.2) is 4.79 Å². The van der Waals surface area contributed by atoms with Gasteiger partial charge < -0.3 is 37.0 Å². The van der Waals surface area contributed by atoms with Gasteiger partial charge in [0, 0.05) is 12.8 Å². The van der Waals surface area contributed by atoms with Gasteiger partial charge in [-0.2, -0.15) is 0 Å². The Hall–Kier alpha value is -3.67. The van der Waals surface area contributed by atoms with Gasteiger partial charge >= 0.3 is 11.9 Å². The lowest BCUT2D eigenvalue weighted by Gasteiger charge is -2.26. The van der Waals surface area contributed by atoms with E-state index in [2.05, 4.69) is 16.0 Å². The van der Waals surface area contributed by atoms with Gasteiger partial charge in [0.15, 0.2) is 0 Å². The highest BCUT2D eigenvalue weighted by molar-refractivity contribution is 5.94. The maximum atomic E-state index is 13.2. The van der Waals surface area contributed by atoms with E-state index in [1.165, 1.54) is 12.1 Å². The number of nitrogens with two attached hydrogens (primary N) is 1. The molecule has 12 nitrogen and oxygen atoms in total. The average Bonchev–Trinajstić information content (AvgIpc) is 2.80. The van der Waals surface area contributed by atoms with Crippen molar-refractivity contribution in [3.05, 3.63) is 29.8 Å². The van der Waals surface area contributed by atoms with Crippen molar-refractivity contribution in [2.75, 3.05) is 0 Å². The summed E-state index contributed by atoms with van der Waals surface area (Å²) in [6.07, 6.45) is -0.645. The first-order valence-electron chi connectivity index (χ1n) is 12.1. The second-order valence-corrected chi connectivity index (χ2v) is 9.72. The molecule has 37 heavy (non-hydrogen) atoms. The number of aliphatic carboxylic acids is 2. The van der Waals surface area contributed by atoms with E-state index < -0.39 is 60.2 Å². The summed E-state index contributed by atoms with van der Waals surface area (Å²) in [4.78, 5) is 61.5. The van der Waals surface area contributed by atoms with Crippen LogP contribution < -0.4 is 21.7 Å². The molecule has 1 rings (SSSR count). The van der Waals surface area contributed by atoms with E-state index in [9.17, 15) is 34.2 Å². The highest BCUT2D eigenvalue weighted by Gasteiger charge is 2.31. The van der Waals surface area contributed by atoms with Crippen LogP contribution in [0.2, 0.25) is 0 Å². The van der Waals surface area contributed by atoms with Crippen LogP contribution in [0.25, 0.3) is 0 Å². The maximum Gasteiger partial charge on any atom is 0.326 e. The zero-order valence-corrected chi connectivity index (χ0v) is 21.6. The number of carboxylic acids is 2. The lowest BCUT2D eigenvalue weighted by molar-refractivity contribution is -0.143. The summed E-state index contributed by atoms with van der Waals surface area (Å²) < 4.78 is 0. The quantitative estimate of drug-likeness (QED) is 0.169. The summed E-state index contributed by atoms with van der Waals surface area (Å²) in [5, 5.41) is 35.5. The largest absolute Gasteiger partial charge is 0.508 e. The molecule has 206 valence electrons. The first-order chi connectivity index (χ1) is 17.2. The third kappa shape index (κ3) is 11.3. The van der Waals surface area contributed by atoms with Crippen LogP contribution in [0.4, 0.5) is 0 Å². The molecule has 8 N–H and O–H groups in total. The average molecular weight is 523 g/mol. The number of hydrogen-bond donors (Lipinski definition) is 7. The van der Waals surface area contributed by atoms with Crippen LogP contribution in [-0.2, 0) is 30.4 Å². The van der Waals surface area contributed by atoms with E-state index in [0.717, 1.165) is 0 Å². The number of rotatable bonds is 15. The van der Waals surface area contributed by atoms with Gasteiger partial charge in [0.25, 0.3) is 0 Å². The number of carboxylic acid groups (broad SMARTS) is 2. The number of benzene rings is 1. The van der Waals surface area contributed by atoms with Crippen molar-refractivity contribution in [1.29, 1.82) is 0 Å². The summed E-state index contributed by atoms with van der Waals surface area (Å²) in [5.74, 6) is -4.95. The summed E-state index contributed by atoms with van der Waals surface area (Å²) in [5.41, 5.74) is 6.50. The van der Waals surface area contributed by atoms with E-state index >= 15 is 0 Å². The van der Waals surface area contributed by atoms with Crippen LogP contribution in [0.3, 0.4) is 0 Å². The molecule has 3 amide bonds. The predicted molar refractivity (Wildman–Crippen MR) is 134 cm³/mol. The van der Waals surface area contributed by atoms with Crippen molar-refractivity contribution < 1.29 is 39.3 Å². The van der Waals surface area contributed by atoms with Gasteiger partial charge in [0.1, 0.15) is 23.9 Å². The SMILES string of the molecule is CC(C)CC(NC(=O)C(CCC(=O)O)NC(=O)C(Cc1ccc(O)cc1)NC(=O)C(N)C(C)C)C(=O)O. The van der Waals surface area contributed by atoms with Crippen molar-refractivity contribution in [2.24, 2.45) is 17.6 Å². The first kappa shape index (κ1) is 31.4. The molecule has 0 saturated carbocycles. The minimum absolute atomic E-state index is 0.00963. The summed E-state index contributed by atoms with van der Waals surface area (Å²) in [7, 11) is 0. The van der Waals surface area contributed by atoms with E-state index in [1.807, 2.05) is 0 Å². The van der Waals surface area contributed by atoms with E-state index in [-0.39, 0.29) is 36.8 Å². The van der Waals surface area contributed by atoms with Crippen LogP contribution >= 0.6 is 0 Å². The predicted octanol–water partition coefficient (Wildman–Crippen LogP) is 0.368. The number of carbonyl (C=O) groups is 5. The number of amides is 3. The number of phenolic OH excluding ortho intramolecular Hbond substituents is 1. The summed E-state index contributed by atoms with van der Waals surface area (Å²) in [6.45, 7) is 7.04. The van der Waals surface area contributed by atoms with Crippen molar-refractivity contribution >= 4 is 29.7 Å². The molecule has 0 bridgehead atoms. The normalized spacial score (nSPS) is 14.4. The van der Waals surface area contributed by atoms with Crippen LogP contribution in [0.1, 0.15) is 52.5 Å². The third-order valence-electron chi connectivity index (χ3n) is 5.63. The fourth-order valence-corrected chi connectivity index (χ4v) is 3.42. The second-order valence-electron chi connectivity index (χ2n) is 9.72. The van der Waals surface area contributed by atoms with Gasteiger partial charge in [-0.15, -0.1) is 0 Å². The van der Waals surface area contributed by atoms with E-state index in [1.54, 1.807) is 39.8 Å². The van der Waals surface area contributed by atoms with Crippen molar-refractivity contribution in [2.45, 2.75) is 77.5 Å². The highest BCUT2D eigenvalue weighted by atomic mass is 16.4. The van der Waals surface area contributed by atoms with Gasteiger partial charge in [-0.1, -0.05) is 39.8 Å².